The summed E-state index contributed by atoms with van der Waals surface area (Å²) in [6, 6.07) is 86.9. The molecule has 2 N–H and O–H groups in total. The van der Waals surface area contributed by atoms with E-state index in [2.05, 4.69) is 182 Å². The number of rotatable bonds is 9. The second kappa shape index (κ2) is 17.1. The first kappa shape index (κ1) is 40.6. The molecule has 0 aromatic heterocycles. The van der Waals surface area contributed by atoms with E-state index in [4.69, 9.17) is 0 Å². The monoisotopic (exact) mass is 846 g/mol. The normalized spacial score (nSPS) is 16.2. The molecule has 0 saturated heterocycles. The molecule has 0 saturated carbocycles. The quantitative estimate of drug-likeness (QED) is 0.142. The lowest BCUT2D eigenvalue weighted by Gasteiger charge is -2.46. The largest absolute Gasteiger partial charge is 0.376 e. The summed E-state index contributed by atoms with van der Waals surface area (Å²) >= 11 is 0. The molecule has 10 aromatic carbocycles. The molecule has 2 atom stereocenters. The van der Waals surface area contributed by atoms with Gasteiger partial charge in [-0.3, -0.25) is 0 Å². The zero-order chi connectivity index (χ0) is 44.5. The molecule has 11 rings (SSSR count). The Balaban J connectivity index is 1.16. The summed E-state index contributed by atoms with van der Waals surface area (Å²) < 4.78 is 0. The van der Waals surface area contributed by atoms with Crippen LogP contribution in [0.15, 0.2) is 255 Å². The van der Waals surface area contributed by atoms with Crippen molar-refractivity contribution in [2.24, 2.45) is 0 Å². The average Bonchev–Trinajstić information content (AvgIpc) is 3.39. The first-order valence-electron chi connectivity index (χ1n) is 22.5. The Bertz CT molecular complexity index is 3340. The maximum atomic E-state index is 14.2. The predicted molar refractivity (Wildman–Crippen MR) is 273 cm³/mol. The van der Waals surface area contributed by atoms with Crippen molar-refractivity contribution in [3.05, 3.63) is 322 Å². The molecular formula is C64H46O2. The lowest BCUT2D eigenvalue weighted by molar-refractivity contribution is 0.0752. The Kier molecular flexibility index (Phi) is 10.5. The van der Waals surface area contributed by atoms with E-state index in [1.807, 2.05) is 84.9 Å². The summed E-state index contributed by atoms with van der Waals surface area (Å²) in [5.41, 5.74) is 10.8. The number of aliphatic hydroxyl groups is 2. The van der Waals surface area contributed by atoms with Gasteiger partial charge in [-0.15, -0.1) is 0 Å². The van der Waals surface area contributed by atoms with Crippen LogP contribution in [0, 0.1) is 0 Å². The van der Waals surface area contributed by atoms with Crippen molar-refractivity contribution in [2.75, 3.05) is 0 Å². The van der Waals surface area contributed by atoms with Crippen LogP contribution >= 0.6 is 0 Å². The number of fused-ring (bicyclic) bond motifs is 3. The van der Waals surface area contributed by atoms with E-state index in [0.29, 0.717) is 33.4 Å². The lowest BCUT2D eigenvalue weighted by atomic mass is 9.62. The Morgan fingerprint density at radius 1 is 0.318 bits per heavy atom. The van der Waals surface area contributed by atoms with Crippen LogP contribution < -0.4 is 0 Å². The summed E-state index contributed by atoms with van der Waals surface area (Å²) in [5.74, 6) is 0. The van der Waals surface area contributed by atoms with Crippen LogP contribution in [0.4, 0.5) is 0 Å². The maximum absolute atomic E-state index is 14.2. The number of hydrogen-bond acceptors (Lipinski definition) is 2. The molecule has 0 amide bonds. The molecule has 2 unspecified atom stereocenters. The van der Waals surface area contributed by atoms with Gasteiger partial charge in [0.2, 0.25) is 0 Å². The molecule has 0 heterocycles. The molecule has 0 bridgehead atoms. The molecule has 0 aliphatic heterocycles. The summed E-state index contributed by atoms with van der Waals surface area (Å²) in [6.07, 6.45) is 4.41. The minimum absolute atomic E-state index is 0.621. The van der Waals surface area contributed by atoms with E-state index >= 15 is 0 Å². The Morgan fingerprint density at radius 3 is 1.23 bits per heavy atom. The molecule has 2 heteroatoms. The highest BCUT2D eigenvalue weighted by molar-refractivity contribution is 5.99. The van der Waals surface area contributed by atoms with E-state index in [1.165, 1.54) is 0 Å². The topological polar surface area (TPSA) is 40.5 Å². The van der Waals surface area contributed by atoms with Gasteiger partial charge in [-0.05, 0) is 119 Å². The van der Waals surface area contributed by atoms with Gasteiger partial charge < -0.3 is 10.2 Å². The minimum Gasteiger partial charge on any atom is -0.376 e. The van der Waals surface area contributed by atoms with E-state index in [1.54, 1.807) is 0 Å². The fourth-order valence-corrected chi connectivity index (χ4v) is 10.1. The minimum atomic E-state index is -1.69. The molecule has 0 radical (unpaired) electrons. The Labute approximate surface area is 386 Å². The van der Waals surface area contributed by atoms with Gasteiger partial charge in [-0.25, -0.2) is 0 Å². The molecule has 0 fully saturated rings. The fourth-order valence-electron chi connectivity index (χ4n) is 10.1. The predicted octanol–water partition coefficient (Wildman–Crippen LogP) is 14.6. The van der Waals surface area contributed by atoms with Crippen LogP contribution in [0.3, 0.4) is 0 Å². The molecular weight excluding hydrogens is 801 g/mol. The van der Waals surface area contributed by atoms with Crippen LogP contribution in [0.1, 0.15) is 66.8 Å². The standard InChI is InChI=1S/C64H46O2/c65-63(52-33-17-21-45(41-52)43-57(48-23-5-1-6-24-48)49-25-7-2-8-26-49)59-38-15-16-39-60(59)64(66,62-56(37-20-40-61(62)63)55-36-19-32-47-31-13-14-35-54(47)55)53-34-18-22-46(42-53)44-58(50-27-9-3-10-28-50)51-29-11-4-12-30-51/h1-44,65-66H. The molecule has 10 aromatic rings. The fraction of sp³-hybridized carbons (Fsp3) is 0.0312. The second-order valence-corrected chi connectivity index (χ2v) is 17.1. The van der Waals surface area contributed by atoms with Gasteiger partial charge in [0.1, 0.15) is 11.2 Å². The smallest absolute Gasteiger partial charge is 0.141 e. The highest BCUT2D eigenvalue weighted by atomic mass is 16.3. The van der Waals surface area contributed by atoms with Crippen molar-refractivity contribution in [3.8, 4) is 11.1 Å². The van der Waals surface area contributed by atoms with E-state index < -0.39 is 11.2 Å². The van der Waals surface area contributed by atoms with Crippen molar-refractivity contribution in [1.29, 1.82) is 0 Å². The van der Waals surface area contributed by atoms with E-state index in [-0.39, 0.29) is 0 Å². The van der Waals surface area contributed by atoms with Gasteiger partial charge in [-0.2, -0.15) is 0 Å². The third-order valence-electron chi connectivity index (χ3n) is 13.2. The lowest BCUT2D eigenvalue weighted by Crippen LogP contribution is -2.44. The summed E-state index contributed by atoms with van der Waals surface area (Å²) in [7, 11) is 0. The van der Waals surface area contributed by atoms with Crippen molar-refractivity contribution >= 4 is 34.1 Å². The molecule has 0 spiro atoms. The van der Waals surface area contributed by atoms with E-state index in [0.717, 1.165) is 66.4 Å². The first-order valence-corrected chi connectivity index (χ1v) is 22.5. The van der Waals surface area contributed by atoms with Gasteiger partial charge in [-0.1, -0.05) is 243 Å². The van der Waals surface area contributed by atoms with Crippen molar-refractivity contribution < 1.29 is 10.2 Å². The third-order valence-corrected chi connectivity index (χ3v) is 13.2. The molecule has 314 valence electrons. The number of hydrogen-bond donors (Lipinski definition) is 2. The van der Waals surface area contributed by atoms with Crippen molar-refractivity contribution in [3.63, 3.8) is 0 Å². The highest BCUT2D eigenvalue weighted by Crippen LogP contribution is 2.56. The first-order chi connectivity index (χ1) is 32.5. The van der Waals surface area contributed by atoms with Crippen LogP contribution in [0.5, 0.6) is 0 Å². The molecule has 1 aliphatic carbocycles. The van der Waals surface area contributed by atoms with Gasteiger partial charge >= 0.3 is 0 Å². The van der Waals surface area contributed by atoms with Gasteiger partial charge in [0.15, 0.2) is 0 Å². The third kappa shape index (κ3) is 7.10. The van der Waals surface area contributed by atoms with Crippen molar-refractivity contribution in [1.82, 2.24) is 0 Å². The zero-order valence-corrected chi connectivity index (χ0v) is 36.3. The summed E-state index contributed by atoms with van der Waals surface area (Å²) in [5, 5.41) is 30.4. The summed E-state index contributed by atoms with van der Waals surface area (Å²) in [4.78, 5) is 0. The maximum Gasteiger partial charge on any atom is 0.141 e. The second-order valence-electron chi connectivity index (χ2n) is 17.1. The van der Waals surface area contributed by atoms with Crippen LogP contribution in [0.2, 0.25) is 0 Å². The van der Waals surface area contributed by atoms with Crippen LogP contribution in [-0.4, -0.2) is 10.2 Å². The molecule has 1 aliphatic rings. The van der Waals surface area contributed by atoms with Crippen molar-refractivity contribution in [2.45, 2.75) is 11.2 Å². The Morgan fingerprint density at radius 2 is 0.697 bits per heavy atom. The molecule has 66 heavy (non-hydrogen) atoms. The Hall–Kier alpha value is -8.14. The average molecular weight is 847 g/mol. The SMILES string of the molecule is OC1(c2cccc(C=C(c3ccccc3)c3ccccc3)c2)c2ccccc2C(O)(c2cccc(C=C(c3ccccc3)c3ccccc3)c2)c2c(-c3cccc4ccccc34)cccc21. The highest BCUT2D eigenvalue weighted by Gasteiger charge is 2.52. The van der Waals surface area contributed by atoms with Crippen LogP contribution in [-0.2, 0) is 11.2 Å². The van der Waals surface area contributed by atoms with E-state index in [9.17, 15) is 10.2 Å². The molecule has 2 nitrogen and oxygen atoms in total. The zero-order valence-electron chi connectivity index (χ0n) is 36.3. The van der Waals surface area contributed by atoms with Gasteiger partial charge in [0.25, 0.3) is 0 Å². The number of benzene rings is 10. The van der Waals surface area contributed by atoms with Crippen LogP contribution in [0.25, 0.3) is 45.2 Å². The summed E-state index contributed by atoms with van der Waals surface area (Å²) in [6.45, 7) is 0. The van der Waals surface area contributed by atoms with Gasteiger partial charge in [0, 0.05) is 5.56 Å². The van der Waals surface area contributed by atoms with Gasteiger partial charge in [0.05, 0.1) is 0 Å².